The van der Waals surface area contributed by atoms with Crippen LogP contribution in [0.4, 0.5) is 17.1 Å². The van der Waals surface area contributed by atoms with Gasteiger partial charge >= 0.3 is 0 Å². The van der Waals surface area contributed by atoms with Gasteiger partial charge in [0.2, 0.25) is 0 Å². The van der Waals surface area contributed by atoms with Crippen molar-refractivity contribution in [1.82, 2.24) is 0 Å². The van der Waals surface area contributed by atoms with E-state index in [0.717, 1.165) is 31.8 Å². The van der Waals surface area contributed by atoms with Crippen LogP contribution >= 0.6 is 0 Å². The van der Waals surface area contributed by atoms with Crippen molar-refractivity contribution in [3.63, 3.8) is 0 Å². The van der Waals surface area contributed by atoms with Crippen LogP contribution in [0.1, 0.15) is 13.3 Å². The third kappa shape index (κ3) is 2.70. The van der Waals surface area contributed by atoms with Crippen LogP contribution in [0.25, 0.3) is 0 Å². The highest BCUT2D eigenvalue weighted by Gasteiger charge is 2.18. The van der Waals surface area contributed by atoms with Crippen LogP contribution in [0, 0.1) is 10.1 Å². The number of nitro benzene ring substituents is 1. The van der Waals surface area contributed by atoms with Crippen LogP contribution in [0.3, 0.4) is 0 Å². The molecule has 1 aliphatic heterocycles. The van der Waals surface area contributed by atoms with Gasteiger partial charge in [-0.15, -0.1) is 0 Å². The number of hydrogen-bond donors (Lipinski definition) is 1. The van der Waals surface area contributed by atoms with Crippen LogP contribution in [0.15, 0.2) is 18.2 Å². The quantitative estimate of drug-likeness (QED) is 0.492. The van der Waals surface area contributed by atoms with Gasteiger partial charge < -0.3 is 15.4 Å². The first-order valence-electron chi connectivity index (χ1n) is 5.98. The number of anilines is 2. The molecule has 0 saturated carbocycles. The molecule has 1 aromatic carbocycles. The minimum atomic E-state index is -0.465. The van der Waals surface area contributed by atoms with Crippen molar-refractivity contribution >= 4 is 17.1 Å². The molecule has 1 heterocycles. The van der Waals surface area contributed by atoms with Crippen molar-refractivity contribution in [2.45, 2.75) is 19.4 Å². The molecule has 0 bridgehead atoms. The third-order valence-corrected chi connectivity index (χ3v) is 3.03. The summed E-state index contributed by atoms with van der Waals surface area (Å²) in [6.07, 6.45) is 1.10. The second-order valence-electron chi connectivity index (χ2n) is 4.48. The Kier molecular flexibility index (Phi) is 3.66. The maximum Gasteiger partial charge on any atom is 0.292 e. The van der Waals surface area contributed by atoms with Gasteiger partial charge in [0.05, 0.1) is 11.0 Å². The summed E-state index contributed by atoms with van der Waals surface area (Å²) in [6.45, 7) is 4.42. The van der Waals surface area contributed by atoms with Gasteiger partial charge in [0.15, 0.2) is 0 Å². The number of ether oxygens (including phenoxy) is 1. The van der Waals surface area contributed by atoms with Gasteiger partial charge in [0, 0.05) is 31.5 Å². The van der Waals surface area contributed by atoms with Gasteiger partial charge in [-0.25, -0.2) is 0 Å². The molecule has 0 aromatic heterocycles. The van der Waals surface area contributed by atoms with E-state index in [1.54, 1.807) is 12.1 Å². The lowest BCUT2D eigenvalue weighted by Crippen LogP contribution is -2.30. The highest BCUT2D eigenvalue weighted by molar-refractivity contribution is 5.66. The summed E-state index contributed by atoms with van der Waals surface area (Å²) in [5.41, 5.74) is 6.78. The maximum absolute atomic E-state index is 10.7. The number of hydrogen-bond acceptors (Lipinski definition) is 5. The zero-order valence-electron chi connectivity index (χ0n) is 10.3. The summed E-state index contributed by atoms with van der Waals surface area (Å²) in [6, 6.07) is 4.86. The van der Waals surface area contributed by atoms with Crippen LogP contribution in [0.2, 0.25) is 0 Å². The first-order chi connectivity index (χ1) is 8.58. The Morgan fingerprint density at radius 1 is 1.56 bits per heavy atom. The van der Waals surface area contributed by atoms with Crippen LogP contribution < -0.4 is 10.6 Å². The largest absolute Gasteiger partial charge is 0.393 e. The topological polar surface area (TPSA) is 81.6 Å². The van der Waals surface area contributed by atoms with Gasteiger partial charge in [0.1, 0.15) is 5.69 Å². The van der Waals surface area contributed by atoms with Crippen molar-refractivity contribution in [3.05, 3.63) is 28.3 Å². The Labute approximate surface area is 105 Å². The molecule has 2 rings (SSSR count). The summed E-state index contributed by atoms with van der Waals surface area (Å²) in [5.74, 6) is 0. The third-order valence-electron chi connectivity index (χ3n) is 3.03. The summed E-state index contributed by atoms with van der Waals surface area (Å²) >= 11 is 0. The standard InChI is InChI=1S/C12H17N3O3/c1-9-8-14(5-2-6-18-9)10-3-4-12(15(16)17)11(13)7-10/h3-4,7,9H,2,5-6,8,13H2,1H3. The van der Waals surface area contributed by atoms with Crippen molar-refractivity contribution in [1.29, 1.82) is 0 Å². The summed E-state index contributed by atoms with van der Waals surface area (Å²) in [5, 5.41) is 10.7. The number of nitro groups is 1. The molecule has 1 fully saturated rings. The fourth-order valence-electron chi connectivity index (χ4n) is 2.13. The lowest BCUT2D eigenvalue weighted by atomic mass is 10.2. The molecular formula is C12H17N3O3. The van der Waals surface area contributed by atoms with Crippen molar-refractivity contribution in [2.75, 3.05) is 30.3 Å². The van der Waals surface area contributed by atoms with Gasteiger partial charge in [-0.3, -0.25) is 10.1 Å². The monoisotopic (exact) mass is 251 g/mol. The molecule has 0 radical (unpaired) electrons. The van der Waals surface area contributed by atoms with E-state index in [4.69, 9.17) is 10.5 Å². The van der Waals surface area contributed by atoms with Crippen LogP contribution in [-0.4, -0.2) is 30.7 Å². The molecule has 1 aromatic rings. The Morgan fingerprint density at radius 2 is 2.33 bits per heavy atom. The summed E-state index contributed by atoms with van der Waals surface area (Å²) in [7, 11) is 0. The molecule has 1 unspecified atom stereocenters. The molecule has 0 amide bonds. The number of nitrogen functional groups attached to an aromatic ring is 1. The average molecular weight is 251 g/mol. The van der Waals surface area contributed by atoms with Crippen LogP contribution in [-0.2, 0) is 4.74 Å². The Balaban J connectivity index is 2.22. The van der Waals surface area contributed by atoms with E-state index in [9.17, 15) is 10.1 Å². The Hall–Kier alpha value is -1.82. The lowest BCUT2D eigenvalue weighted by Gasteiger charge is -2.24. The smallest absolute Gasteiger partial charge is 0.292 e. The van der Waals surface area contributed by atoms with Crippen molar-refractivity contribution in [3.8, 4) is 0 Å². The van der Waals surface area contributed by atoms with Gasteiger partial charge in [0.25, 0.3) is 5.69 Å². The minimum Gasteiger partial charge on any atom is -0.393 e. The molecule has 1 saturated heterocycles. The molecule has 6 heteroatoms. The van der Waals surface area contributed by atoms with Gasteiger partial charge in [-0.1, -0.05) is 0 Å². The second-order valence-corrected chi connectivity index (χ2v) is 4.48. The highest BCUT2D eigenvalue weighted by atomic mass is 16.6. The zero-order chi connectivity index (χ0) is 13.1. The normalized spacial score (nSPS) is 20.5. The molecule has 2 N–H and O–H groups in total. The van der Waals surface area contributed by atoms with Crippen molar-refractivity contribution in [2.24, 2.45) is 0 Å². The number of rotatable bonds is 2. The first kappa shape index (κ1) is 12.6. The Bertz CT molecular complexity index is 450. The molecule has 0 spiro atoms. The zero-order valence-corrected chi connectivity index (χ0v) is 10.3. The number of nitrogens with two attached hydrogens (primary N) is 1. The SMILES string of the molecule is CC1CN(c2ccc([N+](=O)[O-])c(N)c2)CCCO1. The number of nitrogens with zero attached hydrogens (tertiary/aromatic N) is 2. The molecule has 98 valence electrons. The summed E-state index contributed by atoms with van der Waals surface area (Å²) in [4.78, 5) is 12.4. The van der Waals surface area contributed by atoms with E-state index in [0.29, 0.717) is 0 Å². The van der Waals surface area contributed by atoms with E-state index in [1.165, 1.54) is 6.07 Å². The molecule has 6 nitrogen and oxygen atoms in total. The van der Waals surface area contributed by atoms with E-state index in [-0.39, 0.29) is 17.5 Å². The predicted molar refractivity (Wildman–Crippen MR) is 69.8 cm³/mol. The molecule has 1 atom stereocenters. The van der Waals surface area contributed by atoms with Gasteiger partial charge in [-0.2, -0.15) is 0 Å². The Morgan fingerprint density at radius 3 is 3.00 bits per heavy atom. The van der Waals surface area contributed by atoms with E-state index in [1.807, 2.05) is 6.92 Å². The molecule has 18 heavy (non-hydrogen) atoms. The van der Waals surface area contributed by atoms with Crippen molar-refractivity contribution < 1.29 is 9.66 Å². The predicted octanol–water partition coefficient (Wildman–Crippen LogP) is 1.79. The van der Waals surface area contributed by atoms with Crippen LogP contribution in [0.5, 0.6) is 0 Å². The fraction of sp³-hybridized carbons (Fsp3) is 0.500. The number of benzene rings is 1. The first-order valence-corrected chi connectivity index (χ1v) is 5.98. The van der Waals surface area contributed by atoms with E-state index < -0.39 is 4.92 Å². The average Bonchev–Trinajstić information content (AvgIpc) is 2.53. The lowest BCUT2D eigenvalue weighted by molar-refractivity contribution is -0.383. The molecular weight excluding hydrogens is 234 g/mol. The second kappa shape index (κ2) is 5.22. The minimum absolute atomic E-state index is 0.0436. The van der Waals surface area contributed by atoms with Gasteiger partial charge in [-0.05, 0) is 25.5 Å². The fourth-order valence-corrected chi connectivity index (χ4v) is 2.13. The highest BCUT2D eigenvalue weighted by Crippen LogP contribution is 2.27. The van der Waals surface area contributed by atoms with E-state index in [2.05, 4.69) is 4.90 Å². The van der Waals surface area contributed by atoms with E-state index >= 15 is 0 Å². The molecule has 0 aliphatic carbocycles. The maximum atomic E-state index is 10.7. The summed E-state index contributed by atoms with van der Waals surface area (Å²) < 4.78 is 5.57. The molecule has 1 aliphatic rings.